The first-order valence-corrected chi connectivity index (χ1v) is 27.7. The molecule has 0 N–H and O–H groups in total. The van der Waals surface area contributed by atoms with E-state index < -0.39 is 0 Å². The number of anilines is 6. The van der Waals surface area contributed by atoms with Crippen LogP contribution in [0.2, 0.25) is 5.02 Å². The molecule has 13 rings (SSSR count). The molecule has 0 aliphatic rings. The zero-order valence-electron chi connectivity index (χ0n) is 45.5. The topological polar surface area (TPSA) is 16.3 Å². The summed E-state index contributed by atoms with van der Waals surface area (Å²) >= 11 is 7.70. The largest absolute Gasteiger partial charge is 0.310 e. The molecule has 0 aliphatic heterocycles. The van der Waals surface area contributed by atoms with E-state index in [4.69, 9.17) is 11.6 Å². The quantitative estimate of drug-likeness (QED) is 0.136. The standard InChI is InChI=1S/C74H61ClN4/c1-73(2,3)63-43-41-53(48-71(63)78-67-37-21-15-31-59(67)60-32-16-22-38-68(60)78)76(65-35-19-13-29-57(65)50-25-9-7-10-26-50)55-45-52(75)46-56(47-55)77(66-36-20-14-30-58(66)51-27-11-8-12-28-51)54-42-44-64(74(4,5)6)72(49-54)79-69-39-23-17-33-61(69)62-34-18-24-40-70(62)79/h7-49H,1-6H3. The summed E-state index contributed by atoms with van der Waals surface area (Å²) in [4.78, 5) is 4.82. The zero-order chi connectivity index (χ0) is 54.0. The fourth-order valence-corrected chi connectivity index (χ4v) is 12.3. The number of para-hydroxylation sites is 6. The number of nitrogens with zero attached hydrogens (tertiary/aromatic N) is 4. The third kappa shape index (κ3) is 8.83. The minimum atomic E-state index is -0.191. The second kappa shape index (κ2) is 19.7. The van der Waals surface area contributed by atoms with Gasteiger partial charge >= 0.3 is 0 Å². The Morgan fingerprint density at radius 1 is 0.304 bits per heavy atom. The summed E-state index contributed by atoms with van der Waals surface area (Å²) in [5, 5.41) is 5.51. The number of benzene rings is 11. The van der Waals surface area contributed by atoms with Gasteiger partial charge in [-0.2, -0.15) is 0 Å². The number of halogens is 1. The average Bonchev–Trinajstić information content (AvgIpc) is 4.24. The Hall–Kier alpha value is -9.09. The number of aromatic nitrogens is 2. The average molecular weight is 1040 g/mol. The van der Waals surface area contributed by atoms with Crippen LogP contribution in [0.15, 0.2) is 261 Å². The van der Waals surface area contributed by atoms with E-state index in [9.17, 15) is 0 Å². The molecule has 2 aromatic heterocycles. The number of fused-ring (bicyclic) bond motifs is 6. The molecule has 0 fully saturated rings. The molecule has 5 heteroatoms. The fourth-order valence-electron chi connectivity index (χ4n) is 12.1. The van der Waals surface area contributed by atoms with Crippen LogP contribution in [0.5, 0.6) is 0 Å². The molecule has 0 amide bonds. The van der Waals surface area contributed by atoms with Gasteiger partial charge in [0, 0.05) is 60.4 Å². The Balaban J connectivity index is 1.10. The van der Waals surface area contributed by atoms with Crippen molar-refractivity contribution in [3.05, 3.63) is 277 Å². The van der Waals surface area contributed by atoms with Crippen LogP contribution in [0.1, 0.15) is 52.7 Å². The van der Waals surface area contributed by atoms with Crippen LogP contribution in [0.3, 0.4) is 0 Å². The molecule has 0 saturated carbocycles. The van der Waals surface area contributed by atoms with Crippen molar-refractivity contribution in [3.8, 4) is 33.6 Å². The van der Waals surface area contributed by atoms with Gasteiger partial charge in [0.1, 0.15) is 0 Å². The van der Waals surface area contributed by atoms with Gasteiger partial charge in [0.05, 0.1) is 44.8 Å². The molecule has 79 heavy (non-hydrogen) atoms. The molecule has 0 unspecified atom stereocenters. The summed E-state index contributed by atoms with van der Waals surface area (Å²) in [6.45, 7) is 13.9. The summed E-state index contributed by atoms with van der Waals surface area (Å²) in [6, 6.07) is 94.8. The van der Waals surface area contributed by atoms with Gasteiger partial charge in [-0.05, 0) is 112 Å². The van der Waals surface area contributed by atoms with Crippen molar-refractivity contribution >= 4 is 89.3 Å². The second-order valence-corrected chi connectivity index (χ2v) is 23.2. The molecule has 0 saturated heterocycles. The normalized spacial score (nSPS) is 12.0. The van der Waals surface area contributed by atoms with Crippen LogP contribution in [0, 0.1) is 0 Å². The van der Waals surface area contributed by atoms with Crippen LogP contribution in [-0.4, -0.2) is 9.13 Å². The smallest absolute Gasteiger partial charge is 0.0541 e. The molecular weight excluding hydrogens is 980 g/mol. The minimum absolute atomic E-state index is 0.191. The van der Waals surface area contributed by atoms with Gasteiger partial charge in [-0.1, -0.05) is 235 Å². The van der Waals surface area contributed by atoms with Gasteiger partial charge in [-0.25, -0.2) is 0 Å². The van der Waals surface area contributed by atoms with Gasteiger partial charge in [-0.3, -0.25) is 0 Å². The van der Waals surface area contributed by atoms with Gasteiger partial charge in [0.15, 0.2) is 0 Å². The molecule has 4 nitrogen and oxygen atoms in total. The van der Waals surface area contributed by atoms with Crippen LogP contribution in [-0.2, 0) is 10.8 Å². The first kappa shape index (κ1) is 49.5. The Labute approximate surface area is 468 Å². The highest BCUT2D eigenvalue weighted by atomic mass is 35.5. The highest BCUT2D eigenvalue weighted by molar-refractivity contribution is 6.31. The first-order valence-electron chi connectivity index (χ1n) is 27.4. The van der Waals surface area contributed by atoms with Crippen molar-refractivity contribution in [1.29, 1.82) is 0 Å². The fraction of sp³-hybridized carbons (Fsp3) is 0.108. The molecule has 0 aliphatic carbocycles. The predicted octanol–water partition coefficient (Wildman–Crippen LogP) is 21.4. The Bertz CT molecular complexity index is 4030. The van der Waals surface area contributed by atoms with Gasteiger partial charge in [0.25, 0.3) is 0 Å². The van der Waals surface area contributed by atoms with E-state index in [1.165, 1.54) is 32.7 Å². The second-order valence-electron chi connectivity index (χ2n) is 22.7. The van der Waals surface area contributed by atoms with E-state index in [0.29, 0.717) is 5.02 Å². The number of hydrogen-bond donors (Lipinski definition) is 0. The Morgan fingerprint density at radius 3 is 0.975 bits per heavy atom. The maximum atomic E-state index is 7.70. The number of rotatable bonds is 10. The molecule has 0 spiro atoms. The molecule has 11 aromatic carbocycles. The lowest BCUT2D eigenvalue weighted by molar-refractivity contribution is 0.587. The number of hydrogen-bond acceptors (Lipinski definition) is 2. The van der Waals surface area contributed by atoms with Crippen molar-refractivity contribution in [2.45, 2.75) is 52.4 Å². The van der Waals surface area contributed by atoms with Gasteiger partial charge < -0.3 is 18.9 Å². The lowest BCUT2D eigenvalue weighted by Gasteiger charge is -2.33. The summed E-state index contributed by atoms with van der Waals surface area (Å²) < 4.78 is 4.94. The molecule has 2 heterocycles. The highest BCUT2D eigenvalue weighted by Gasteiger charge is 2.29. The third-order valence-corrected chi connectivity index (χ3v) is 15.8. The highest BCUT2D eigenvalue weighted by Crippen LogP contribution is 2.49. The molecule has 0 atom stereocenters. The van der Waals surface area contributed by atoms with Gasteiger partial charge in [-0.15, -0.1) is 0 Å². The Morgan fingerprint density at radius 2 is 0.620 bits per heavy atom. The summed E-state index contributed by atoms with van der Waals surface area (Å²) in [6.07, 6.45) is 0. The van der Waals surface area contributed by atoms with Crippen LogP contribution >= 0.6 is 11.6 Å². The van der Waals surface area contributed by atoms with Crippen molar-refractivity contribution < 1.29 is 0 Å². The SMILES string of the molecule is CC(C)(C)c1ccc(N(c2cc(Cl)cc(N(c3ccc(C(C)(C)C)c(-n4c5ccccc5c5ccccc54)c3)c3ccccc3-c3ccccc3)c2)c2ccccc2-c2ccccc2)cc1-n1c2ccccc2c2ccccc21. The van der Waals surface area contributed by atoms with E-state index in [2.05, 4.69) is 321 Å². The van der Waals surface area contributed by atoms with Crippen LogP contribution in [0.4, 0.5) is 34.1 Å². The lowest BCUT2D eigenvalue weighted by Crippen LogP contribution is -2.18. The minimum Gasteiger partial charge on any atom is -0.310 e. The molecule has 0 radical (unpaired) electrons. The maximum Gasteiger partial charge on any atom is 0.0541 e. The first-order chi connectivity index (χ1) is 38.4. The van der Waals surface area contributed by atoms with E-state index in [-0.39, 0.29) is 10.8 Å². The van der Waals surface area contributed by atoms with Crippen molar-refractivity contribution in [2.75, 3.05) is 9.80 Å². The predicted molar refractivity (Wildman–Crippen MR) is 338 cm³/mol. The monoisotopic (exact) mass is 1040 g/mol. The zero-order valence-corrected chi connectivity index (χ0v) is 46.2. The Kier molecular flexibility index (Phi) is 12.4. The molecule has 0 bridgehead atoms. The van der Waals surface area contributed by atoms with Crippen LogP contribution in [0.25, 0.3) is 77.2 Å². The van der Waals surface area contributed by atoms with Crippen LogP contribution < -0.4 is 9.80 Å². The summed E-state index contributed by atoms with van der Waals surface area (Å²) in [7, 11) is 0. The summed E-state index contributed by atoms with van der Waals surface area (Å²) in [5.41, 5.74) is 19.3. The van der Waals surface area contributed by atoms with Crippen molar-refractivity contribution in [2.24, 2.45) is 0 Å². The molecule has 13 aromatic rings. The molecular formula is C74H61ClN4. The van der Waals surface area contributed by atoms with E-state index in [1.807, 2.05) is 0 Å². The molecule has 384 valence electrons. The van der Waals surface area contributed by atoms with Crippen molar-refractivity contribution in [1.82, 2.24) is 9.13 Å². The maximum absolute atomic E-state index is 7.70. The van der Waals surface area contributed by atoms with E-state index in [1.54, 1.807) is 0 Å². The van der Waals surface area contributed by atoms with E-state index in [0.717, 1.165) is 89.8 Å². The van der Waals surface area contributed by atoms with E-state index >= 15 is 0 Å². The van der Waals surface area contributed by atoms with Gasteiger partial charge in [0.2, 0.25) is 0 Å². The lowest BCUT2D eigenvalue weighted by atomic mass is 9.85. The summed E-state index contributed by atoms with van der Waals surface area (Å²) in [5.74, 6) is 0. The van der Waals surface area contributed by atoms with Crippen molar-refractivity contribution in [3.63, 3.8) is 0 Å². The third-order valence-electron chi connectivity index (χ3n) is 15.6.